The van der Waals surface area contributed by atoms with Gasteiger partial charge in [-0.1, -0.05) is 48.2 Å². The predicted molar refractivity (Wildman–Crippen MR) is 154 cm³/mol. The first-order chi connectivity index (χ1) is 19.2. The Hall–Kier alpha value is -4.42. The molecule has 3 aromatic carbocycles. The molecule has 6 rings (SSSR count). The van der Waals surface area contributed by atoms with E-state index in [2.05, 4.69) is 42.3 Å². The zero-order chi connectivity index (χ0) is 28.0. The summed E-state index contributed by atoms with van der Waals surface area (Å²) in [6.45, 7) is 5.27. The minimum absolute atomic E-state index is 0.00422. The minimum atomic E-state index is -3.90. The summed E-state index contributed by atoms with van der Waals surface area (Å²) in [6.07, 6.45) is 0. The van der Waals surface area contributed by atoms with Crippen LogP contribution in [0.2, 0.25) is 0 Å². The first-order valence-corrected chi connectivity index (χ1v) is 14.7. The van der Waals surface area contributed by atoms with Gasteiger partial charge in [0, 0.05) is 33.6 Å². The number of nitrogens with zero attached hydrogens (tertiary/aromatic N) is 5. The third-order valence-corrected chi connectivity index (χ3v) is 8.67. The highest BCUT2D eigenvalue weighted by atomic mass is 32.2. The van der Waals surface area contributed by atoms with E-state index < -0.39 is 15.3 Å². The zero-order valence-corrected chi connectivity index (χ0v) is 23.3. The number of sulfonamides is 1. The SMILES string of the molecule is Cc1cc(C)nc(NS(=O)(=O)c2ccc(NC(=O)C(C)Sc3nnc4c(n3)-c3cccc5cccc-4c35)cc2)n1. The monoisotopic (exact) mass is 569 g/mol. The molecule has 1 aliphatic carbocycles. The van der Waals surface area contributed by atoms with Crippen LogP contribution in [0.4, 0.5) is 11.6 Å². The van der Waals surface area contributed by atoms with Crippen LogP contribution in [-0.4, -0.2) is 44.7 Å². The summed E-state index contributed by atoms with van der Waals surface area (Å²) in [4.78, 5) is 25.9. The first kappa shape index (κ1) is 25.8. The molecule has 0 radical (unpaired) electrons. The van der Waals surface area contributed by atoms with Gasteiger partial charge in [0.2, 0.25) is 17.0 Å². The molecule has 10 nitrogen and oxygen atoms in total. The van der Waals surface area contributed by atoms with Gasteiger partial charge in [-0.3, -0.25) is 4.79 Å². The van der Waals surface area contributed by atoms with Gasteiger partial charge in [-0.15, -0.1) is 10.2 Å². The van der Waals surface area contributed by atoms with Gasteiger partial charge in [0.15, 0.2) is 0 Å². The van der Waals surface area contributed by atoms with E-state index in [1.54, 1.807) is 26.8 Å². The Labute approximate surface area is 234 Å². The van der Waals surface area contributed by atoms with Crippen LogP contribution in [0.5, 0.6) is 0 Å². The lowest BCUT2D eigenvalue weighted by Crippen LogP contribution is -2.23. The second kappa shape index (κ2) is 9.96. The van der Waals surface area contributed by atoms with Crippen molar-refractivity contribution in [3.05, 3.63) is 78.1 Å². The zero-order valence-electron chi connectivity index (χ0n) is 21.7. The Bertz CT molecular complexity index is 1890. The molecule has 0 spiro atoms. The normalized spacial score (nSPS) is 12.7. The number of hydrogen-bond donors (Lipinski definition) is 2. The lowest BCUT2D eigenvalue weighted by atomic mass is 10.0. The van der Waals surface area contributed by atoms with Crippen molar-refractivity contribution in [2.24, 2.45) is 0 Å². The van der Waals surface area contributed by atoms with Crippen molar-refractivity contribution in [1.29, 1.82) is 0 Å². The number of amides is 1. The van der Waals surface area contributed by atoms with Gasteiger partial charge < -0.3 is 5.32 Å². The molecule has 1 amide bonds. The number of anilines is 2. The summed E-state index contributed by atoms with van der Waals surface area (Å²) in [5.74, 6) is -0.276. The third kappa shape index (κ3) is 4.87. The van der Waals surface area contributed by atoms with Crippen LogP contribution >= 0.6 is 11.8 Å². The third-order valence-electron chi connectivity index (χ3n) is 6.37. The summed E-state index contributed by atoms with van der Waals surface area (Å²) in [5.41, 5.74) is 5.26. The quantitative estimate of drug-likeness (QED) is 0.254. The van der Waals surface area contributed by atoms with Crippen LogP contribution in [0.15, 0.2) is 76.8 Å². The molecule has 40 heavy (non-hydrogen) atoms. The molecule has 2 aromatic heterocycles. The van der Waals surface area contributed by atoms with Gasteiger partial charge in [0.25, 0.3) is 10.0 Å². The molecule has 0 saturated heterocycles. The van der Waals surface area contributed by atoms with Gasteiger partial charge in [-0.25, -0.2) is 28.1 Å². The maximum Gasteiger partial charge on any atom is 0.264 e. The molecule has 0 aliphatic heterocycles. The molecule has 1 unspecified atom stereocenters. The largest absolute Gasteiger partial charge is 0.325 e. The van der Waals surface area contributed by atoms with Crippen molar-refractivity contribution in [2.45, 2.75) is 36.1 Å². The Morgan fingerprint density at radius 1 is 0.850 bits per heavy atom. The smallest absolute Gasteiger partial charge is 0.264 e. The number of carbonyl (C=O) groups excluding carboxylic acids is 1. The topological polar surface area (TPSA) is 140 Å². The molecular formula is C28H23N7O3S2. The maximum atomic E-state index is 12.9. The highest BCUT2D eigenvalue weighted by Gasteiger charge is 2.26. The average Bonchev–Trinajstić information content (AvgIpc) is 3.23. The molecule has 1 atom stereocenters. The minimum Gasteiger partial charge on any atom is -0.325 e. The molecule has 2 N–H and O–H groups in total. The lowest BCUT2D eigenvalue weighted by Gasteiger charge is -2.12. The number of thioether (sulfide) groups is 1. The van der Waals surface area contributed by atoms with Crippen molar-refractivity contribution in [3.63, 3.8) is 0 Å². The highest BCUT2D eigenvalue weighted by molar-refractivity contribution is 8.00. The lowest BCUT2D eigenvalue weighted by molar-refractivity contribution is -0.115. The predicted octanol–water partition coefficient (Wildman–Crippen LogP) is 5.00. The summed E-state index contributed by atoms with van der Waals surface area (Å²) < 4.78 is 28.0. The summed E-state index contributed by atoms with van der Waals surface area (Å²) in [5, 5.41) is 13.6. The van der Waals surface area contributed by atoms with Gasteiger partial charge in [-0.05, 0) is 56.5 Å². The molecule has 1 aliphatic rings. The fourth-order valence-electron chi connectivity index (χ4n) is 4.59. The van der Waals surface area contributed by atoms with Crippen LogP contribution in [-0.2, 0) is 14.8 Å². The van der Waals surface area contributed by atoms with Gasteiger partial charge in [0.05, 0.1) is 10.1 Å². The molecule has 2 heterocycles. The van der Waals surface area contributed by atoms with Crippen molar-refractivity contribution < 1.29 is 13.2 Å². The molecule has 0 fully saturated rings. The Morgan fingerprint density at radius 2 is 1.50 bits per heavy atom. The number of aryl methyl sites for hydroxylation is 2. The fourth-order valence-corrected chi connectivity index (χ4v) is 6.25. The number of rotatable bonds is 7. The molecule has 12 heteroatoms. The maximum absolute atomic E-state index is 12.9. The highest BCUT2D eigenvalue weighted by Crippen LogP contribution is 2.45. The second-order valence-electron chi connectivity index (χ2n) is 9.35. The van der Waals surface area contributed by atoms with Crippen LogP contribution in [0, 0.1) is 13.8 Å². The first-order valence-electron chi connectivity index (χ1n) is 12.4. The summed E-state index contributed by atoms with van der Waals surface area (Å²) in [7, 11) is -3.90. The molecule has 0 saturated carbocycles. The Kier molecular flexibility index (Phi) is 6.43. The van der Waals surface area contributed by atoms with Crippen LogP contribution in [0.3, 0.4) is 0 Å². The van der Waals surface area contributed by atoms with E-state index in [-0.39, 0.29) is 16.8 Å². The van der Waals surface area contributed by atoms with Crippen LogP contribution in [0.1, 0.15) is 18.3 Å². The number of nitrogens with one attached hydrogen (secondary N) is 2. The van der Waals surface area contributed by atoms with E-state index >= 15 is 0 Å². The number of hydrogen-bond acceptors (Lipinski definition) is 9. The Balaban J connectivity index is 1.13. The van der Waals surface area contributed by atoms with Gasteiger partial charge >= 0.3 is 0 Å². The number of aromatic nitrogens is 5. The molecule has 200 valence electrons. The van der Waals surface area contributed by atoms with Crippen LogP contribution in [0.25, 0.3) is 33.3 Å². The van der Waals surface area contributed by atoms with Gasteiger partial charge in [0.1, 0.15) is 11.4 Å². The van der Waals surface area contributed by atoms with Crippen molar-refractivity contribution in [3.8, 4) is 22.5 Å². The molecular weight excluding hydrogens is 546 g/mol. The van der Waals surface area contributed by atoms with Crippen LogP contribution < -0.4 is 10.0 Å². The standard InChI is InChI=1S/C28H23N7O3S2/c1-15-14-16(2)30-27(29-15)35-40(37,38)20-12-10-19(11-13-20)31-26(36)17(3)39-28-32-24-21-8-4-6-18-7-5-9-22(23(18)21)25(24)33-34-28/h4-14,17H,1-3H3,(H,31,36)(H,29,30,35). The molecule has 0 bridgehead atoms. The Morgan fingerprint density at radius 3 is 2.17 bits per heavy atom. The number of benzene rings is 3. The van der Waals surface area contributed by atoms with E-state index in [1.807, 2.05) is 24.3 Å². The van der Waals surface area contributed by atoms with E-state index in [1.165, 1.54) is 36.0 Å². The van der Waals surface area contributed by atoms with E-state index in [0.717, 1.165) is 33.3 Å². The van der Waals surface area contributed by atoms with Crippen molar-refractivity contribution >= 4 is 50.1 Å². The molecule has 5 aromatic rings. The van der Waals surface area contributed by atoms with E-state index in [4.69, 9.17) is 4.98 Å². The van der Waals surface area contributed by atoms with Crippen molar-refractivity contribution in [1.82, 2.24) is 25.1 Å². The number of fused-ring (bicyclic) bond motifs is 3. The number of carbonyl (C=O) groups is 1. The van der Waals surface area contributed by atoms with E-state index in [9.17, 15) is 13.2 Å². The van der Waals surface area contributed by atoms with E-state index in [0.29, 0.717) is 22.2 Å². The summed E-state index contributed by atoms with van der Waals surface area (Å²) >= 11 is 1.20. The van der Waals surface area contributed by atoms with Gasteiger partial charge in [-0.2, -0.15) is 0 Å². The average molecular weight is 570 g/mol. The summed E-state index contributed by atoms with van der Waals surface area (Å²) in [6, 6.07) is 19.7. The second-order valence-corrected chi connectivity index (χ2v) is 12.3. The van der Waals surface area contributed by atoms with Crippen molar-refractivity contribution in [2.75, 3.05) is 10.0 Å². The fraction of sp³-hybridized carbons (Fsp3) is 0.143.